The van der Waals surface area contributed by atoms with Crippen LogP contribution in [0.2, 0.25) is 0 Å². The summed E-state index contributed by atoms with van der Waals surface area (Å²) in [5.74, 6) is 0.452. The number of nitrogens with zero attached hydrogens (tertiary/aromatic N) is 1. The van der Waals surface area contributed by atoms with Gasteiger partial charge in [-0.05, 0) is 48.9 Å². The highest BCUT2D eigenvalue weighted by atomic mass is 19.1. The van der Waals surface area contributed by atoms with Gasteiger partial charge in [0.25, 0.3) is 0 Å². The second-order valence-corrected chi connectivity index (χ2v) is 4.67. The van der Waals surface area contributed by atoms with E-state index in [2.05, 4.69) is 16.4 Å². The number of piperidine rings is 1. The summed E-state index contributed by atoms with van der Waals surface area (Å²) in [5.41, 5.74) is 2.19. The van der Waals surface area contributed by atoms with E-state index in [0.29, 0.717) is 12.0 Å². The van der Waals surface area contributed by atoms with E-state index in [9.17, 15) is 4.39 Å². The predicted molar refractivity (Wildman–Crippen MR) is 61.3 cm³/mol. The van der Waals surface area contributed by atoms with Crippen LogP contribution in [0.25, 0.3) is 5.57 Å². The molecular formula is C13H15FN2. The molecule has 1 aromatic heterocycles. The Morgan fingerprint density at radius 3 is 3.12 bits per heavy atom. The van der Waals surface area contributed by atoms with Gasteiger partial charge in [-0.1, -0.05) is 6.08 Å². The first kappa shape index (κ1) is 9.97. The highest BCUT2D eigenvalue weighted by Crippen LogP contribution is 2.36. The van der Waals surface area contributed by atoms with E-state index in [0.717, 1.165) is 18.5 Å². The van der Waals surface area contributed by atoms with Gasteiger partial charge in [-0.2, -0.15) is 0 Å². The van der Waals surface area contributed by atoms with Crippen LogP contribution in [0, 0.1) is 11.7 Å². The van der Waals surface area contributed by atoms with Crippen molar-refractivity contribution in [3.05, 3.63) is 35.9 Å². The van der Waals surface area contributed by atoms with Gasteiger partial charge in [0.05, 0.1) is 6.20 Å². The minimum Gasteiger partial charge on any atom is -0.310 e. The lowest BCUT2D eigenvalue weighted by Gasteiger charge is -2.25. The molecule has 0 saturated carbocycles. The van der Waals surface area contributed by atoms with Crippen molar-refractivity contribution in [3.8, 4) is 0 Å². The topological polar surface area (TPSA) is 24.9 Å². The average molecular weight is 218 g/mol. The van der Waals surface area contributed by atoms with Crippen molar-refractivity contribution in [3.63, 3.8) is 0 Å². The van der Waals surface area contributed by atoms with Crippen LogP contribution in [0.3, 0.4) is 0 Å². The predicted octanol–water partition coefficient (Wildman–Crippen LogP) is 2.38. The number of hydrogen-bond acceptors (Lipinski definition) is 2. The summed E-state index contributed by atoms with van der Waals surface area (Å²) in [7, 11) is 0. The van der Waals surface area contributed by atoms with Gasteiger partial charge in [0.1, 0.15) is 5.82 Å². The van der Waals surface area contributed by atoms with Gasteiger partial charge in [-0.15, -0.1) is 0 Å². The quantitative estimate of drug-likeness (QED) is 0.782. The average Bonchev–Trinajstić information content (AvgIpc) is 2.72. The molecule has 84 valence electrons. The second kappa shape index (κ2) is 3.98. The summed E-state index contributed by atoms with van der Waals surface area (Å²) in [4.78, 5) is 3.91. The van der Waals surface area contributed by atoms with Crippen LogP contribution >= 0.6 is 0 Å². The number of fused-ring (bicyclic) bond motifs is 1. The van der Waals surface area contributed by atoms with Crippen LogP contribution in [-0.4, -0.2) is 17.6 Å². The van der Waals surface area contributed by atoms with Crippen molar-refractivity contribution < 1.29 is 4.39 Å². The molecule has 1 aliphatic carbocycles. The van der Waals surface area contributed by atoms with Crippen molar-refractivity contribution in [2.24, 2.45) is 5.92 Å². The maximum Gasteiger partial charge on any atom is 0.142 e. The van der Waals surface area contributed by atoms with E-state index in [1.807, 2.05) is 0 Å². The molecule has 1 fully saturated rings. The van der Waals surface area contributed by atoms with Crippen LogP contribution in [0.15, 0.2) is 24.5 Å². The highest BCUT2D eigenvalue weighted by Gasteiger charge is 2.29. The minimum atomic E-state index is -0.249. The maximum atomic E-state index is 13.1. The molecule has 2 aliphatic rings. The van der Waals surface area contributed by atoms with E-state index in [1.54, 1.807) is 12.3 Å². The van der Waals surface area contributed by atoms with Crippen molar-refractivity contribution in [2.75, 3.05) is 6.54 Å². The molecular weight excluding hydrogens is 203 g/mol. The van der Waals surface area contributed by atoms with Crippen LogP contribution in [0.1, 0.15) is 24.8 Å². The van der Waals surface area contributed by atoms with Crippen molar-refractivity contribution in [1.29, 1.82) is 0 Å². The molecule has 1 aliphatic heterocycles. The maximum absolute atomic E-state index is 13.1. The summed E-state index contributed by atoms with van der Waals surface area (Å²) < 4.78 is 13.1. The Labute approximate surface area is 94.6 Å². The molecule has 2 atom stereocenters. The Morgan fingerprint density at radius 1 is 1.38 bits per heavy atom. The number of rotatable bonds is 1. The molecule has 0 bridgehead atoms. The lowest BCUT2D eigenvalue weighted by molar-refractivity contribution is 0.341. The lowest BCUT2D eigenvalue weighted by atomic mass is 9.92. The molecule has 1 N–H and O–H groups in total. The van der Waals surface area contributed by atoms with Gasteiger partial charge >= 0.3 is 0 Å². The Bertz CT molecular complexity index is 428. The van der Waals surface area contributed by atoms with Crippen LogP contribution in [-0.2, 0) is 0 Å². The number of nitrogens with one attached hydrogen (secondary N) is 1. The molecule has 16 heavy (non-hydrogen) atoms. The van der Waals surface area contributed by atoms with E-state index in [-0.39, 0.29) is 5.82 Å². The molecule has 0 radical (unpaired) electrons. The van der Waals surface area contributed by atoms with Crippen molar-refractivity contribution >= 4 is 5.57 Å². The Kier molecular flexibility index (Phi) is 2.48. The number of aromatic nitrogens is 1. The Hall–Kier alpha value is -1.22. The van der Waals surface area contributed by atoms with E-state index in [4.69, 9.17) is 0 Å². The fourth-order valence-corrected chi connectivity index (χ4v) is 2.77. The summed E-state index contributed by atoms with van der Waals surface area (Å²) in [6.07, 6.45) is 8.85. The molecule has 3 rings (SSSR count). The molecule has 3 heteroatoms. The third-order valence-corrected chi connectivity index (χ3v) is 3.58. The zero-order valence-corrected chi connectivity index (χ0v) is 9.12. The third kappa shape index (κ3) is 1.76. The van der Waals surface area contributed by atoms with E-state index < -0.39 is 0 Å². The Balaban J connectivity index is 1.86. The van der Waals surface area contributed by atoms with E-state index in [1.165, 1.54) is 24.6 Å². The molecule has 0 spiro atoms. The normalized spacial score (nSPS) is 28.7. The molecule has 0 amide bonds. The SMILES string of the molecule is Fc1cncc(C2=CC3NCCCC3C2)c1. The van der Waals surface area contributed by atoms with E-state index >= 15 is 0 Å². The fourth-order valence-electron chi connectivity index (χ4n) is 2.77. The molecule has 2 nitrogen and oxygen atoms in total. The molecule has 1 aromatic rings. The third-order valence-electron chi connectivity index (χ3n) is 3.58. The van der Waals surface area contributed by atoms with Crippen molar-refractivity contribution in [2.45, 2.75) is 25.3 Å². The van der Waals surface area contributed by atoms with Gasteiger partial charge in [-0.3, -0.25) is 4.98 Å². The number of pyridine rings is 1. The first-order chi connectivity index (χ1) is 7.83. The monoisotopic (exact) mass is 218 g/mol. The number of halogens is 1. The van der Waals surface area contributed by atoms with Gasteiger partial charge in [0, 0.05) is 12.2 Å². The lowest BCUT2D eigenvalue weighted by Crippen LogP contribution is -2.37. The number of allylic oxidation sites excluding steroid dienone is 1. The molecule has 2 unspecified atom stereocenters. The van der Waals surface area contributed by atoms with Crippen LogP contribution < -0.4 is 5.32 Å². The summed E-state index contributed by atoms with van der Waals surface area (Å²) in [6.45, 7) is 1.10. The van der Waals surface area contributed by atoms with Gasteiger partial charge in [0.15, 0.2) is 0 Å². The molecule has 0 aromatic carbocycles. The molecule has 1 saturated heterocycles. The smallest absolute Gasteiger partial charge is 0.142 e. The molecule has 2 heterocycles. The first-order valence-corrected chi connectivity index (χ1v) is 5.88. The summed E-state index contributed by atoms with van der Waals surface area (Å²) >= 11 is 0. The van der Waals surface area contributed by atoms with Gasteiger partial charge < -0.3 is 5.32 Å². The zero-order chi connectivity index (χ0) is 11.0. The largest absolute Gasteiger partial charge is 0.310 e. The first-order valence-electron chi connectivity index (χ1n) is 5.88. The zero-order valence-electron chi connectivity index (χ0n) is 9.12. The number of hydrogen-bond donors (Lipinski definition) is 1. The highest BCUT2D eigenvalue weighted by molar-refractivity contribution is 5.68. The fraction of sp³-hybridized carbons (Fsp3) is 0.462. The Morgan fingerprint density at radius 2 is 2.31 bits per heavy atom. The summed E-state index contributed by atoms with van der Waals surface area (Å²) in [5, 5.41) is 3.50. The van der Waals surface area contributed by atoms with Crippen LogP contribution in [0.4, 0.5) is 4.39 Å². The minimum absolute atomic E-state index is 0.249. The van der Waals surface area contributed by atoms with Gasteiger partial charge in [0.2, 0.25) is 0 Å². The standard InChI is InChI=1S/C13H15FN2/c14-12-5-11(7-15-8-12)10-4-9-2-1-3-16-13(9)6-10/h5-9,13,16H,1-4H2. The van der Waals surface area contributed by atoms with Gasteiger partial charge in [-0.25, -0.2) is 4.39 Å². The summed E-state index contributed by atoms with van der Waals surface area (Å²) in [6, 6.07) is 2.07. The second-order valence-electron chi connectivity index (χ2n) is 4.67. The van der Waals surface area contributed by atoms with Crippen LogP contribution in [0.5, 0.6) is 0 Å². The van der Waals surface area contributed by atoms with Crippen molar-refractivity contribution in [1.82, 2.24) is 10.3 Å².